The molecule has 4 nitrogen and oxygen atoms in total. The van der Waals surface area contributed by atoms with Crippen molar-refractivity contribution in [2.75, 3.05) is 5.32 Å². The van der Waals surface area contributed by atoms with Crippen LogP contribution < -0.4 is 10.2 Å². The Morgan fingerprint density at radius 1 is 1.47 bits per heavy atom. The van der Waals surface area contributed by atoms with Gasteiger partial charge in [-0.1, -0.05) is 23.5 Å². The molecule has 2 aromatic rings. The van der Waals surface area contributed by atoms with Crippen LogP contribution in [-0.4, -0.2) is 10.5 Å². The number of carbonyl (C=O) groups excluding carboxylic acids is 1. The van der Waals surface area contributed by atoms with Gasteiger partial charge in [0.1, 0.15) is 6.54 Å². The lowest BCUT2D eigenvalue weighted by Gasteiger charge is -2.05. The molecule has 0 aliphatic heterocycles. The lowest BCUT2D eigenvalue weighted by atomic mass is 10.2. The molecule has 0 bridgehead atoms. The Balaban J connectivity index is 2.03. The van der Waals surface area contributed by atoms with Crippen molar-refractivity contribution < 1.29 is 4.79 Å². The Kier molecular flexibility index (Phi) is 3.39. The molecule has 0 spiro atoms. The van der Waals surface area contributed by atoms with Crippen molar-refractivity contribution in [3.8, 4) is 0 Å². The minimum Gasteiger partial charge on any atom is -0.325 e. The first-order chi connectivity index (χ1) is 8.15. The maximum Gasteiger partial charge on any atom is 0.307 e. The number of aryl methyl sites for hydroxylation is 1. The Morgan fingerprint density at radius 2 is 2.29 bits per heavy atom. The highest BCUT2D eigenvalue weighted by Gasteiger charge is 2.05. The lowest BCUT2D eigenvalue weighted by molar-refractivity contribution is -0.116. The topological polar surface area (TPSA) is 51.1 Å². The average Bonchev–Trinajstić information content (AvgIpc) is 2.64. The van der Waals surface area contributed by atoms with Crippen molar-refractivity contribution in [2.24, 2.45) is 0 Å². The second-order valence-corrected chi connectivity index (χ2v) is 4.57. The van der Waals surface area contributed by atoms with Gasteiger partial charge in [-0.3, -0.25) is 14.2 Å². The van der Waals surface area contributed by atoms with Crippen molar-refractivity contribution >= 4 is 22.9 Å². The molecule has 0 aliphatic rings. The third kappa shape index (κ3) is 3.04. The van der Waals surface area contributed by atoms with E-state index in [0.717, 1.165) is 22.6 Å². The largest absolute Gasteiger partial charge is 0.325 e. The molecule has 88 valence electrons. The van der Waals surface area contributed by atoms with Crippen LogP contribution in [-0.2, 0) is 11.3 Å². The number of benzene rings is 1. The van der Waals surface area contributed by atoms with E-state index in [0.29, 0.717) is 0 Å². The highest BCUT2D eigenvalue weighted by atomic mass is 32.1. The first-order valence-electron chi connectivity index (χ1n) is 5.15. The van der Waals surface area contributed by atoms with E-state index in [2.05, 4.69) is 5.32 Å². The van der Waals surface area contributed by atoms with E-state index in [1.54, 1.807) is 11.6 Å². The summed E-state index contributed by atoms with van der Waals surface area (Å²) in [7, 11) is 0. The molecule has 0 saturated carbocycles. The van der Waals surface area contributed by atoms with Crippen LogP contribution in [0.2, 0.25) is 0 Å². The van der Waals surface area contributed by atoms with Crippen LogP contribution in [0, 0.1) is 6.92 Å². The van der Waals surface area contributed by atoms with Crippen LogP contribution in [0.3, 0.4) is 0 Å². The fourth-order valence-electron chi connectivity index (χ4n) is 1.49. The van der Waals surface area contributed by atoms with E-state index >= 15 is 0 Å². The van der Waals surface area contributed by atoms with Crippen LogP contribution in [0.25, 0.3) is 0 Å². The monoisotopic (exact) mass is 248 g/mol. The molecular formula is C12H12N2O2S. The predicted molar refractivity (Wildman–Crippen MR) is 68.4 cm³/mol. The Hall–Kier alpha value is -1.88. The number of hydrogen-bond acceptors (Lipinski definition) is 3. The summed E-state index contributed by atoms with van der Waals surface area (Å²) < 4.78 is 1.38. The average molecular weight is 248 g/mol. The third-order valence-electron chi connectivity index (χ3n) is 2.26. The van der Waals surface area contributed by atoms with Gasteiger partial charge in [0.05, 0.1) is 0 Å². The van der Waals surface area contributed by atoms with Gasteiger partial charge in [-0.25, -0.2) is 0 Å². The van der Waals surface area contributed by atoms with E-state index < -0.39 is 0 Å². The lowest BCUT2D eigenvalue weighted by Crippen LogP contribution is -2.23. The number of anilines is 1. The fourth-order valence-corrected chi connectivity index (χ4v) is 2.07. The summed E-state index contributed by atoms with van der Waals surface area (Å²) >= 11 is 1.08. The smallest absolute Gasteiger partial charge is 0.307 e. The highest BCUT2D eigenvalue weighted by molar-refractivity contribution is 7.07. The zero-order chi connectivity index (χ0) is 12.3. The molecule has 2 rings (SSSR count). The molecule has 1 aromatic heterocycles. The van der Waals surface area contributed by atoms with E-state index in [1.165, 1.54) is 4.57 Å². The number of aromatic nitrogens is 1. The molecule has 0 saturated heterocycles. The molecule has 0 atom stereocenters. The van der Waals surface area contributed by atoms with E-state index in [9.17, 15) is 9.59 Å². The summed E-state index contributed by atoms with van der Waals surface area (Å²) in [5.41, 5.74) is 1.83. The molecule has 0 fully saturated rings. The first-order valence-corrected chi connectivity index (χ1v) is 6.03. The summed E-state index contributed by atoms with van der Waals surface area (Å²) in [6.45, 7) is 2.01. The maximum absolute atomic E-state index is 11.7. The van der Waals surface area contributed by atoms with Gasteiger partial charge < -0.3 is 5.32 Å². The van der Waals surface area contributed by atoms with Crippen LogP contribution in [0.4, 0.5) is 5.69 Å². The Morgan fingerprint density at radius 3 is 2.94 bits per heavy atom. The molecule has 1 aromatic carbocycles. The first kappa shape index (κ1) is 11.6. The Labute approximate surface area is 103 Å². The molecule has 1 heterocycles. The summed E-state index contributed by atoms with van der Waals surface area (Å²) in [6.07, 6.45) is 1.61. The molecule has 0 aliphatic carbocycles. The summed E-state index contributed by atoms with van der Waals surface area (Å²) in [4.78, 5) is 22.8. The van der Waals surface area contributed by atoms with E-state index in [4.69, 9.17) is 0 Å². The van der Waals surface area contributed by atoms with Gasteiger partial charge in [0.25, 0.3) is 0 Å². The van der Waals surface area contributed by atoms with Crippen molar-refractivity contribution in [3.05, 3.63) is 51.1 Å². The van der Waals surface area contributed by atoms with Gasteiger partial charge in [-0.15, -0.1) is 0 Å². The predicted octanol–water partition coefficient (Wildman–Crippen LogP) is 1.86. The minimum absolute atomic E-state index is 0.0519. The molecule has 5 heteroatoms. The van der Waals surface area contributed by atoms with Crippen molar-refractivity contribution in [1.29, 1.82) is 0 Å². The number of thiazole rings is 1. The SMILES string of the molecule is Cc1cccc(NC(=O)Cn2ccsc2=O)c1. The van der Waals surface area contributed by atoms with E-state index in [-0.39, 0.29) is 17.3 Å². The van der Waals surface area contributed by atoms with Gasteiger partial charge >= 0.3 is 4.87 Å². The second kappa shape index (κ2) is 4.97. The van der Waals surface area contributed by atoms with Crippen LogP contribution in [0.15, 0.2) is 40.6 Å². The number of amides is 1. The normalized spacial score (nSPS) is 10.2. The van der Waals surface area contributed by atoms with Gasteiger partial charge in [-0.2, -0.15) is 0 Å². The second-order valence-electron chi connectivity index (χ2n) is 3.71. The van der Waals surface area contributed by atoms with Gasteiger partial charge in [0.15, 0.2) is 0 Å². The molecule has 1 N–H and O–H groups in total. The third-order valence-corrected chi connectivity index (χ3v) is 2.95. The Bertz CT molecular complexity index is 586. The van der Waals surface area contributed by atoms with Crippen LogP contribution in [0.1, 0.15) is 5.56 Å². The molecule has 17 heavy (non-hydrogen) atoms. The summed E-state index contributed by atoms with van der Waals surface area (Å²) in [5.74, 6) is -0.198. The van der Waals surface area contributed by atoms with Crippen molar-refractivity contribution in [3.63, 3.8) is 0 Å². The number of nitrogens with one attached hydrogen (secondary N) is 1. The molecule has 0 radical (unpaired) electrons. The summed E-state index contributed by atoms with van der Waals surface area (Å²) in [6, 6.07) is 7.54. The number of nitrogens with zero attached hydrogens (tertiary/aromatic N) is 1. The van der Waals surface area contributed by atoms with Crippen molar-refractivity contribution in [2.45, 2.75) is 13.5 Å². The maximum atomic E-state index is 11.7. The zero-order valence-corrected chi connectivity index (χ0v) is 10.2. The van der Waals surface area contributed by atoms with Crippen molar-refractivity contribution in [1.82, 2.24) is 4.57 Å². The fraction of sp³-hybridized carbons (Fsp3) is 0.167. The van der Waals surface area contributed by atoms with Gasteiger partial charge in [-0.05, 0) is 24.6 Å². The zero-order valence-electron chi connectivity index (χ0n) is 9.34. The number of hydrogen-bond donors (Lipinski definition) is 1. The number of carbonyl (C=O) groups is 1. The van der Waals surface area contributed by atoms with Gasteiger partial charge in [0.2, 0.25) is 5.91 Å². The van der Waals surface area contributed by atoms with Crippen LogP contribution >= 0.6 is 11.3 Å². The van der Waals surface area contributed by atoms with Crippen LogP contribution in [0.5, 0.6) is 0 Å². The minimum atomic E-state index is -0.198. The molecule has 1 amide bonds. The quantitative estimate of drug-likeness (QED) is 0.901. The van der Waals surface area contributed by atoms with E-state index in [1.807, 2.05) is 31.2 Å². The van der Waals surface area contributed by atoms with Gasteiger partial charge in [0, 0.05) is 17.3 Å². The summed E-state index contributed by atoms with van der Waals surface area (Å²) in [5, 5.41) is 4.42. The molecular weight excluding hydrogens is 236 g/mol. The molecule has 0 unspecified atom stereocenters. The standard InChI is InChI=1S/C12H12N2O2S/c1-9-3-2-4-10(7-9)13-11(15)8-14-5-6-17-12(14)16/h2-7H,8H2,1H3,(H,13,15). The highest BCUT2D eigenvalue weighted by Crippen LogP contribution is 2.09. The number of rotatable bonds is 3.